The zero-order valence-corrected chi connectivity index (χ0v) is 17.7. The molecular formula is C21H19ClN2O2S2. The van der Waals surface area contributed by atoms with Crippen LogP contribution in [0.4, 0.5) is 11.4 Å². The summed E-state index contributed by atoms with van der Waals surface area (Å²) < 4.78 is 5.67. The molecule has 7 heteroatoms. The van der Waals surface area contributed by atoms with Crippen molar-refractivity contribution in [3.8, 4) is 5.75 Å². The fourth-order valence-electron chi connectivity index (χ4n) is 3.39. The normalized spacial score (nSPS) is 18.4. The average molecular weight is 431 g/mol. The maximum Gasteiger partial charge on any atom is 0.270 e. The van der Waals surface area contributed by atoms with Gasteiger partial charge in [-0.3, -0.25) is 9.69 Å². The standard InChI is InChI=1S/C21H19ClN2O2S2/c1-26-18-9-8-16(13-17(18)22)24-20(25)19(28-21(24)27)12-14-4-6-15(7-5-14)23-10-2-3-11-23/h4-9,12-13H,2-3,10-11H2,1H3/b19-12+. The number of rotatable bonds is 4. The Morgan fingerprint density at radius 1 is 1.11 bits per heavy atom. The third-order valence-corrected chi connectivity index (χ3v) is 6.45. The van der Waals surface area contributed by atoms with E-state index in [1.807, 2.05) is 18.2 Å². The molecule has 2 heterocycles. The van der Waals surface area contributed by atoms with Gasteiger partial charge < -0.3 is 9.64 Å². The van der Waals surface area contributed by atoms with Crippen molar-refractivity contribution in [1.82, 2.24) is 0 Å². The molecule has 0 unspecified atom stereocenters. The first-order chi connectivity index (χ1) is 13.6. The van der Waals surface area contributed by atoms with Gasteiger partial charge in [-0.15, -0.1) is 0 Å². The second kappa shape index (κ2) is 8.15. The number of ether oxygens (including phenoxy) is 1. The van der Waals surface area contributed by atoms with Crippen LogP contribution in [0.15, 0.2) is 47.4 Å². The van der Waals surface area contributed by atoms with Crippen molar-refractivity contribution < 1.29 is 9.53 Å². The molecule has 28 heavy (non-hydrogen) atoms. The van der Waals surface area contributed by atoms with Crippen LogP contribution in [0.25, 0.3) is 6.08 Å². The fraction of sp³-hybridized carbons (Fsp3) is 0.238. The molecule has 0 spiro atoms. The molecule has 2 aliphatic rings. The summed E-state index contributed by atoms with van der Waals surface area (Å²) in [5, 5.41) is 0.440. The smallest absolute Gasteiger partial charge is 0.270 e. The molecule has 4 rings (SSSR count). The lowest BCUT2D eigenvalue weighted by atomic mass is 10.1. The summed E-state index contributed by atoms with van der Waals surface area (Å²) in [6.45, 7) is 2.23. The fourth-order valence-corrected chi connectivity index (χ4v) is 4.94. The molecule has 0 radical (unpaired) electrons. The molecule has 2 aliphatic heterocycles. The lowest BCUT2D eigenvalue weighted by molar-refractivity contribution is -0.113. The van der Waals surface area contributed by atoms with Gasteiger partial charge in [-0.05, 0) is 54.8 Å². The Morgan fingerprint density at radius 3 is 2.43 bits per heavy atom. The highest BCUT2D eigenvalue weighted by molar-refractivity contribution is 8.27. The summed E-state index contributed by atoms with van der Waals surface area (Å²) in [4.78, 5) is 17.4. The molecule has 0 atom stereocenters. The minimum absolute atomic E-state index is 0.139. The van der Waals surface area contributed by atoms with Crippen molar-refractivity contribution in [3.05, 3.63) is 58.0 Å². The molecule has 0 aromatic heterocycles. The van der Waals surface area contributed by atoms with Crippen LogP contribution < -0.4 is 14.5 Å². The number of thiocarbonyl (C=S) groups is 1. The second-order valence-electron chi connectivity index (χ2n) is 6.62. The largest absolute Gasteiger partial charge is 0.495 e. The summed E-state index contributed by atoms with van der Waals surface area (Å²) in [7, 11) is 1.55. The van der Waals surface area contributed by atoms with Crippen LogP contribution in [-0.2, 0) is 4.79 Å². The monoisotopic (exact) mass is 430 g/mol. The molecule has 4 nitrogen and oxygen atoms in total. The predicted molar refractivity (Wildman–Crippen MR) is 122 cm³/mol. The summed E-state index contributed by atoms with van der Waals surface area (Å²) in [6.07, 6.45) is 4.39. The molecule has 2 fully saturated rings. The number of hydrogen-bond acceptors (Lipinski definition) is 5. The number of methoxy groups -OCH3 is 1. The van der Waals surface area contributed by atoms with Gasteiger partial charge in [-0.25, -0.2) is 0 Å². The number of halogens is 1. The maximum absolute atomic E-state index is 12.9. The van der Waals surface area contributed by atoms with Gasteiger partial charge in [0.1, 0.15) is 5.75 Å². The van der Waals surface area contributed by atoms with Crippen molar-refractivity contribution in [2.75, 3.05) is 30.0 Å². The summed E-state index contributed by atoms with van der Waals surface area (Å²) >= 11 is 12.9. The molecule has 2 aromatic carbocycles. The summed E-state index contributed by atoms with van der Waals surface area (Å²) in [5.74, 6) is 0.421. The van der Waals surface area contributed by atoms with Gasteiger partial charge in [0.25, 0.3) is 5.91 Å². The van der Waals surface area contributed by atoms with E-state index < -0.39 is 0 Å². The van der Waals surface area contributed by atoms with Crippen molar-refractivity contribution in [2.45, 2.75) is 12.8 Å². The first-order valence-electron chi connectivity index (χ1n) is 9.03. The van der Waals surface area contributed by atoms with E-state index in [0.29, 0.717) is 25.7 Å². The Balaban J connectivity index is 1.55. The van der Waals surface area contributed by atoms with E-state index in [4.69, 9.17) is 28.6 Å². The van der Waals surface area contributed by atoms with Crippen molar-refractivity contribution in [1.29, 1.82) is 0 Å². The van der Waals surface area contributed by atoms with Crippen LogP contribution in [0.2, 0.25) is 5.02 Å². The van der Waals surface area contributed by atoms with Gasteiger partial charge in [0.2, 0.25) is 0 Å². The molecular weight excluding hydrogens is 412 g/mol. The molecule has 0 aliphatic carbocycles. The predicted octanol–water partition coefficient (Wildman–Crippen LogP) is 5.35. The highest BCUT2D eigenvalue weighted by atomic mass is 35.5. The zero-order valence-electron chi connectivity index (χ0n) is 15.4. The minimum atomic E-state index is -0.139. The summed E-state index contributed by atoms with van der Waals surface area (Å²) in [6, 6.07) is 13.5. The Bertz CT molecular complexity index is 953. The average Bonchev–Trinajstić information content (AvgIpc) is 3.31. The van der Waals surface area contributed by atoms with Gasteiger partial charge in [0.15, 0.2) is 4.32 Å². The summed E-state index contributed by atoms with van der Waals surface area (Å²) in [5.41, 5.74) is 2.85. The first-order valence-corrected chi connectivity index (χ1v) is 10.6. The number of thioether (sulfide) groups is 1. The number of amides is 1. The third kappa shape index (κ3) is 3.77. The Labute approximate surface area is 179 Å². The Hall–Kier alpha value is -2.02. The topological polar surface area (TPSA) is 32.8 Å². The van der Waals surface area contributed by atoms with Gasteiger partial charge in [0, 0.05) is 18.8 Å². The molecule has 2 saturated heterocycles. The zero-order chi connectivity index (χ0) is 19.7. The molecule has 0 bridgehead atoms. The molecule has 0 N–H and O–H groups in total. The van der Waals surface area contributed by atoms with E-state index in [0.717, 1.165) is 18.7 Å². The molecule has 144 valence electrons. The van der Waals surface area contributed by atoms with Gasteiger partial charge in [-0.2, -0.15) is 0 Å². The maximum atomic E-state index is 12.9. The molecule has 2 aromatic rings. The number of anilines is 2. The van der Waals surface area contributed by atoms with Gasteiger partial charge in [0.05, 0.1) is 22.7 Å². The van der Waals surface area contributed by atoms with Crippen molar-refractivity contribution in [3.63, 3.8) is 0 Å². The Kier molecular flexibility index (Phi) is 5.62. The van der Waals surface area contributed by atoms with Crippen LogP contribution in [0.5, 0.6) is 5.75 Å². The molecule has 0 saturated carbocycles. The van der Waals surface area contributed by atoms with Crippen LogP contribution in [0.3, 0.4) is 0 Å². The first kappa shape index (κ1) is 19.3. The van der Waals surface area contributed by atoms with E-state index in [-0.39, 0.29) is 5.91 Å². The molecule has 1 amide bonds. The van der Waals surface area contributed by atoms with E-state index in [2.05, 4.69) is 17.0 Å². The Morgan fingerprint density at radius 2 is 1.79 bits per heavy atom. The van der Waals surface area contributed by atoms with E-state index in [1.165, 1.54) is 35.2 Å². The van der Waals surface area contributed by atoms with Gasteiger partial charge >= 0.3 is 0 Å². The number of benzene rings is 2. The lowest BCUT2D eigenvalue weighted by Gasteiger charge is -2.17. The van der Waals surface area contributed by atoms with Crippen LogP contribution in [0.1, 0.15) is 18.4 Å². The SMILES string of the molecule is COc1ccc(N2C(=O)/C(=C\c3ccc(N4CCCC4)cc3)SC2=S)cc1Cl. The lowest BCUT2D eigenvalue weighted by Crippen LogP contribution is -2.27. The van der Waals surface area contributed by atoms with E-state index >= 15 is 0 Å². The van der Waals surface area contributed by atoms with Crippen LogP contribution in [0, 0.1) is 0 Å². The number of carbonyl (C=O) groups excluding carboxylic acids is 1. The third-order valence-electron chi connectivity index (χ3n) is 4.85. The number of nitrogens with zero attached hydrogens (tertiary/aromatic N) is 2. The van der Waals surface area contributed by atoms with E-state index in [9.17, 15) is 4.79 Å². The minimum Gasteiger partial charge on any atom is -0.495 e. The highest BCUT2D eigenvalue weighted by Gasteiger charge is 2.33. The quantitative estimate of drug-likeness (QED) is 0.482. The highest BCUT2D eigenvalue weighted by Crippen LogP contribution is 2.38. The number of carbonyl (C=O) groups is 1. The number of hydrogen-bond donors (Lipinski definition) is 0. The second-order valence-corrected chi connectivity index (χ2v) is 8.70. The van der Waals surface area contributed by atoms with Crippen molar-refractivity contribution >= 4 is 63.3 Å². The van der Waals surface area contributed by atoms with Crippen LogP contribution in [-0.4, -0.2) is 30.4 Å². The van der Waals surface area contributed by atoms with Crippen LogP contribution >= 0.6 is 35.6 Å². The van der Waals surface area contributed by atoms with Gasteiger partial charge in [-0.1, -0.05) is 47.7 Å². The van der Waals surface area contributed by atoms with Crippen molar-refractivity contribution in [2.24, 2.45) is 0 Å². The van der Waals surface area contributed by atoms with E-state index in [1.54, 1.807) is 25.3 Å².